The molecule has 472 valence electrons. The number of benzene rings is 4. The number of hydrogen-bond acceptors (Lipinski definition) is 29. The molecule has 3 aliphatic rings. The third-order valence-electron chi connectivity index (χ3n) is 13.4. The largest absolute Gasteiger partial charge is 0.505 e. The number of nitrogens with zero attached hydrogens (tertiary/aromatic N) is 14. The van der Waals surface area contributed by atoms with Gasteiger partial charge in [-0.05, 0) is 55.0 Å². The zero-order chi connectivity index (χ0) is 63.7. The van der Waals surface area contributed by atoms with Crippen molar-refractivity contribution in [3.63, 3.8) is 0 Å². The Labute approximate surface area is 500 Å². The molecular formula is C52H63N15O19S2. The van der Waals surface area contributed by atoms with Crippen LogP contribution in [0.4, 0.5) is 46.3 Å². The van der Waals surface area contributed by atoms with Crippen LogP contribution in [0.5, 0.6) is 5.75 Å². The maximum atomic E-state index is 11.8. The van der Waals surface area contributed by atoms with Crippen molar-refractivity contribution in [2.75, 3.05) is 98.9 Å². The SMILES string of the molecule is O=[N+]([O-])c1ccc(N=Nc2c(S(=O)(=O)O)cc3cc(S(=O)(=O)O)ccc3c2O)c([N+](=O)[O-])c1.OCCN(CCO)c1nc(N2CCCCC2)c2nc(N(CCO)CCO)ncc2n1.OC[C@H]1O[C@@H](n2cnc3c2NC=NC[C@H]3O)C[C@@H]1O.c1ccccc1. The molecule has 0 amide bonds. The molecule has 4 aromatic carbocycles. The van der Waals surface area contributed by atoms with E-state index in [4.69, 9.17) is 19.4 Å². The first-order valence-electron chi connectivity index (χ1n) is 26.9. The number of anilines is 4. The molecule has 0 bridgehead atoms. The lowest BCUT2D eigenvalue weighted by Crippen LogP contribution is -2.34. The van der Waals surface area contributed by atoms with Crippen molar-refractivity contribution in [2.45, 2.75) is 60.0 Å². The van der Waals surface area contributed by atoms with Crippen molar-refractivity contribution in [1.29, 1.82) is 0 Å². The molecule has 0 radical (unpaired) electrons. The fraction of sp³-hybridized carbons (Fsp3) is 0.385. The number of imidazole rings is 1. The number of nitrogens with one attached hydrogen (secondary N) is 1. The first kappa shape index (κ1) is 66.9. The Morgan fingerprint density at radius 2 is 1.39 bits per heavy atom. The van der Waals surface area contributed by atoms with Crippen LogP contribution in [0.2, 0.25) is 0 Å². The summed E-state index contributed by atoms with van der Waals surface area (Å²) in [4.78, 5) is 50.7. The standard InChI is InChI=1S/C19H31N7O4.C16H10N4O11S2.C11H16N4O4.C6H6/c27-10-6-25(7-11-28)18-20-14-15-16(22-18)17(24-4-2-1-3-5-24)23-19(21-15)26(8-12-29)9-13-30;21-16-11-3-2-10(32(26,27)28)5-8(11)6-14(33(29,30)31)15(16)18-17-12-4-1-9(19(22)23)7-13(12)20(24)25;16-3-8-6(17)1-9(19-8)15-5-14-10-7(18)2-12-4-13-11(10)15;1-2-4-6-5-3-1/h14,27-30H,1-13H2;1-7,21H,(H,26,27,28)(H,29,30,31);4-9,16-18H,1-3H2,(H,12,13);1-6H/t;;6-,7+,8+,9+;/m..0./s1. The highest BCUT2D eigenvalue weighted by molar-refractivity contribution is 7.86. The number of aromatic hydroxyl groups is 1. The van der Waals surface area contributed by atoms with Crippen molar-refractivity contribution in [3.05, 3.63) is 117 Å². The number of aromatic nitrogens is 6. The summed E-state index contributed by atoms with van der Waals surface area (Å²) in [7, 11) is -9.78. The summed E-state index contributed by atoms with van der Waals surface area (Å²) in [5, 5.41) is 108. The predicted molar refractivity (Wildman–Crippen MR) is 315 cm³/mol. The van der Waals surface area contributed by atoms with E-state index in [1.807, 2.05) is 36.4 Å². The van der Waals surface area contributed by atoms with Gasteiger partial charge < -0.3 is 65.6 Å². The second kappa shape index (κ2) is 30.8. The van der Waals surface area contributed by atoms with Gasteiger partial charge in [-0.2, -0.15) is 21.8 Å². The molecule has 6 heterocycles. The van der Waals surface area contributed by atoms with Gasteiger partial charge in [-0.25, -0.2) is 19.9 Å². The number of rotatable bonds is 19. The topological polar surface area (TPSA) is 494 Å². The van der Waals surface area contributed by atoms with Gasteiger partial charge in [0, 0.05) is 57.1 Å². The second-order valence-corrected chi connectivity index (χ2v) is 22.1. The number of aliphatic hydroxyl groups is 7. The molecule has 0 saturated carbocycles. The smallest absolute Gasteiger partial charge is 0.303 e. The summed E-state index contributed by atoms with van der Waals surface area (Å²) in [6.45, 7) is 2.69. The van der Waals surface area contributed by atoms with E-state index < -0.39 is 92.9 Å². The Morgan fingerprint density at radius 3 is 1.95 bits per heavy atom. The number of azo groups is 1. The van der Waals surface area contributed by atoms with Crippen molar-refractivity contribution >= 4 is 94.7 Å². The number of fused-ring (bicyclic) bond motifs is 3. The van der Waals surface area contributed by atoms with Crippen LogP contribution in [-0.2, 0) is 25.0 Å². The lowest BCUT2D eigenvalue weighted by Gasteiger charge is -2.30. The highest BCUT2D eigenvalue weighted by Gasteiger charge is 2.37. The number of nitro groups is 2. The minimum Gasteiger partial charge on any atom is -0.505 e. The third kappa shape index (κ3) is 16.9. The molecule has 88 heavy (non-hydrogen) atoms. The van der Waals surface area contributed by atoms with Crippen LogP contribution in [0.25, 0.3) is 21.8 Å². The molecule has 4 atom stereocenters. The van der Waals surface area contributed by atoms with Crippen molar-refractivity contribution in [1.82, 2.24) is 29.5 Å². The highest BCUT2D eigenvalue weighted by Crippen LogP contribution is 2.43. The fourth-order valence-electron chi connectivity index (χ4n) is 9.13. The van der Waals surface area contributed by atoms with Gasteiger partial charge in [-0.1, -0.05) is 36.4 Å². The number of hydrogen-bond donors (Lipinski definition) is 11. The summed E-state index contributed by atoms with van der Waals surface area (Å²) in [6.07, 6.45) is 5.86. The summed E-state index contributed by atoms with van der Waals surface area (Å²) in [6, 6.07) is 17.8. The highest BCUT2D eigenvalue weighted by atomic mass is 32.2. The van der Waals surface area contributed by atoms with Crippen LogP contribution in [0.3, 0.4) is 0 Å². The van der Waals surface area contributed by atoms with Gasteiger partial charge in [-0.3, -0.25) is 38.9 Å². The molecule has 0 spiro atoms. The number of phenols is 1. The first-order valence-corrected chi connectivity index (χ1v) is 29.8. The van der Waals surface area contributed by atoms with Crippen LogP contribution in [-0.4, -0.2) is 204 Å². The maximum absolute atomic E-state index is 11.8. The number of aliphatic imine (C=N–C) groups is 1. The number of nitro benzene ring substituents is 2. The van der Waals surface area contributed by atoms with Gasteiger partial charge in [0.1, 0.15) is 51.6 Å². The second-order valence-electron chi connectivity index (χ2n) is 19.3. The van der Waals surface area contributed by atoms with E-state index in [2.05, 4.69) is 45.4 Å². The Morgan fingerprint density at radius 1 is 0.750 bits per heavy atom. The van der Waals surface area contributed by atoms with E-state index in [1.54, 1.807) is 26.9 Å². The minimum atomic E-state index is -5.09. The Hall–Kier alpha value is -8.66. The molecule has 3 aliphatic heterocycles. The van der Waals surface area contributed by atoms with Gasteiger partial charge in [-0.15, -0.1) is 10.2 Å². The van der Waals surface area contributed by atoms with Gasteiger partial charge in [0.05, 0.1) is 85.4 Å². The number of piperidine rings is 1. The third-order valence-corrected chi connectivity index (χ3v) is 15.1. The van der Waals surface area contributed by atoms with Crippen LogP contribution < -0.4 is 20.0 Å². The van der Waals surface area contributed by atoms with Crippen LogP contribution in [0, 0.1) is 20.2 Å². The maximum Gasteiger partial charge on any atom is 0.303 e. The summed E-state index contributed by atoms with van der Waals surface area (Å²) >= 11 is 0. The van der Waals surface area contributed by atoms with E-state index >= 15 is 0 Å². The molecule has 2 fully saturated rings. The summed E-state index contributed by atoms with van der Waals surface area (Å²) < 4.78 is 72.2. The molecular weight excluding hydrogens is 1200 g/mol. The summed E-state index contributed by atoms with van der Waals surface area (Å²) in [5.41, 5.74) is -1.17. The van der Waals surface area contributed by atoms with Gasteiger partial charge in [0.25, 0.3) is 25.9 Å². The monoisotopic (exact) mass is 1270 g/mol. The van der Waals surface area contributed by atoms with E-state index in [-0.39, 0.29) is 50.4 Å². The molecule has 11 N–H and O–H groups in total. The average molecular weight is 1270 g/mol. The number of non-ortho nitro benzene ring substituents is 1. The zero-order valence-corrected chi connectivity index (χ0v) is 48.2. The van der Waals surface area contributed by atoms with E-state index in [1.165, 1.54) is 12.8 Å². The molecule has 0 unspecified atom stereocenters. The van der Waals surface area contributed by atoms with Gasteiger partial charge >= 0.3 is 5.69 Å². The zero-order valence-electron chi connectivity index (χ0n) is 46.6. The molecule has 36 heteroatoms. The lowest BCUT2D eigenvalue weighted by molar-refractivity contribution is -0.393. The van der Waals surface area contributed by atoms with E-state index in [0.717, 1.165) is 62.3 Å². The molecule has 3 aromatic heterocycles. The van der Waals surface area contributed by atoms with E-state index in [0.29, 0.717) is 78.9 Å². The predicted octanol–water partition coefficient (Wildman–Crippen LogP) is 2.96. The Kier molecular flexibility index (Phi) is 23.4. The van der Waals surface area contributed by atoms with Crippen molar-refractivity contribution < 1.29 is 81.4 Å². The fourth-order valence-corrected chi connectivity index (χ4v) is 10.3. The van der Waals surface area contributed by atoms with Gasteiger partial charge in [0.2, 0.25) is 11.9 Å². The quantitative estimate of drug-likeness (QED) is 0.0240. The number of phenolic OH excluding ortho intramolecular Hbond substituents is 1. The van der Waals surface area contributed by atoms with Gasteiger partial charge in [0.15, 0.2) is 17.3 Å². The molecule has 0 aliphatic carbocycles. The number of ether oxygens (including phenoxy) is 1. The van der Waals surface area contributed by atoms with E-state index in [9.17, 15) is 77.4 Å². The molecule has 10 rings (SSSR count). The average Bonchev–Trinajstić information content (AvgIpc) is 3.13. The van der Waals surface area contributed by atoms with Crippen LogP contribution >= 0.6 is 0 Å². The van der Waals surface area contributed by atoms with Crippen LogP contribution in [0.1, 0.15) is 43.7 Å². The summed E-state index contributed by atoms with van der Waals surface area (Å²) in [5.74, 6) is 1.24. The Bertz CT molecular complexity index is 3790. The lowest BCUT2D eigenvalue weighted by atomic mass is 10.1. The molecule has 34 nitrogen and oxygen atoms in total. The normalized spacial score (nSPS) is 17.4. The molecule has 2 saturated heterocycles. The minimum absolute atomic E-state index is 0.0762. The van der Waals surface area contributed by atoms with Crippen LogP contribution in [0.15, 0.2) is 116 Å². The molecule has 7 aromatic rings. The number of aliphatic hydroxyl groups excluding tert-OH is 7. The van der Waals surface area contributed by atoms with Crippen molar-refractivity contribution in [2.24, 2.45) is 15.2 Å². The first-order chi connectivity index (χ1) is 42.1. The Balaban J connectivity index is 0.000000184. The van der Waals surface area contributed by atoms with Crippen molar-refractivity contribution in [3.8, 4) is 5.75 Å².